The van der Waals surface area contributed by atoms with Crippen molar-refractivity contribution in [2.45, 2.75) is 45.7 Å². The van der Waals surface area contributed by atoms with Gasteiger partial charge in [-0.2, -0.15) is 0 Å². The monoisotopic (exact) mass is 450 g/mol. The Balaban J connectivity index is 1.39. The third kappa shape index (κ3) is 4.97. The molecule has 5 heteroatoms. The lowest BCUT2D eigenvalue weighted by Crippen LogP contribution is -2.50. The summed E-state index contributed by atoms with van der Waals surface area (Å²) in [5, 5.41) is 4.21. The van der Waals surface area contributed by atoms with Gasteiger partial charge in [0.25, 0.3) is 0 Å². The summed E-state index contributed by atoms with van der Waals surface area (Å²) in [5.74, 6) is 0. The first-order valence-corrected chi connectivity index (χ1v) is 12.1. The van der Waals surface area contributed by atoms with Crippen LogP contribution in [0.15, 0.2) is 83.5 Å². The molecule has 0 amide bonds. The van der Waals surface area contributed by atoms with E-state index in [1.807, 2.05) is 23.3 Å². The lowest BCUT2D eigenvalue weighted by atomic mass is 10.1. The number of hydrogen-bond acceptors (Lipinski definition) is 4. The van der Waals surface area contributed by atoms with Crippen LogP contribution in [0, 0.1) is 0 Å². The maximum Gasteiger partial charge on any atom is 0.0670 e. The minimum Gasteiger partial charge on any atom is -0.380 e. The van der Waals surface area contributed by atoms with Crippen LogP contribution in [0.5, 0.6) is 0 Å². The second-order valence-corrected chi connectivity index (χ2v) is 9.40. The van der Waals surface area contributed by atoms with Crippen molar-refractivity contribution in [3.63, 3.8) is 0 Å². The van der Waals surface area contributed by atoms with E-state index in [2.05, 4.69) is 66.4 Å². The van der Waals surface area contributed by atoms with Crippen molar-refractivity contribution < 1.29 is 0 Å². The summed E-state index contributed by atoms with van der Waals surface area (Å²) in [7, 11) is 0. The molecule has 1 N–H and O–H groups in total. The normalized spacial score (nSPS) is 21.9. The molecule has 1 atom stereocenters. The van der Waals surface area contributed by atoms with Crippen LogP contribution in [0.3, 0.4) is 0 Å². The van der Waals surface area contributed by atoms with Crippen LogP contribution in [-0.4, -0.2) is 42.0 Å². The molecule has 3 aliphatic heterocycles. The molecule has 0 bridgehead atoms. The molecule has 32 heavy (non-hydrogen) atoms. The minimum atomic E-state index is 0.681. The van der Waals surface area contributed by atoms with E-state index < -0.39 is 0 Å². The Morgan fingerprint density at radius 1 is 1.16 bits per heavy atom. The number of benzene rings is 1. The third-order valence-electron chi connectivity index (χ3n) is 6.85. The van der Waals surface area contributed by atoms with Crippen LogP contribution >= 0.6 is 11.6 Å². The number of nitrogens with one attached hydrogen (secondary N) is 1. The molecular formula is C27H35ClN4. The molecule has 4 rings (SSSR count). The Morgan fingerprint density at radius 3 is 2.69 bits per heavy atom. The topological polar surface area (TPSA) is 21.8 Å². The molecule has 0 aromatic heterocycles. The molecule has 1 aromatic rings. The zero-order chi connectivity index (χ0) is 22.7. The van der Waals surface area contributed by atoms with E-state index in [4.69, 9.17) is 11.6 Å². The summed E-state index contributed by atoms with van der Waals surface area (Å²) in [6.45, 7) is 18.3. The number of allylic oxidation sites excluding steroid dienone is 4. The summed E-state index contributed by atoms with van der Waals surface area (Å²) in [4.78, 5) is 7.22. The van der Waals surface area contributed by atoms with Gasteiger partial charge in [-0.15, -0.1) is 0 Å². The summed E-state index contributed by atoms with van der Waals surface area (Å²) in [6.07, 6.45) is 9.33. The number of rotatable bonds is 7. The SMILES string of the molecule is C=C(NCc1ccc(N2CCN3CCCC3C2)cc1)/C(=C(/C)CC)N1C=C(Cl)C=CC1=C. The lowest BCUT2D eigenvalue weighted by Gasteiger charge is -2.38. The molecule has 0 radical (unpaired) electrons. The van der Waals surface area contributed by atoms with Gasteiger partial charge in [0.05, 0.1) is 16.4 Å². The van der Waals surface area contributed by atoms with Crippen molar-refractivity contribution in [1.82, 2.24) is 15.1 Å². The van der Waals surface area contributed by atoms with E-state index in [-0.39, 0.29) is 0 Å². The fourth-order valence-corrected chi connectivity index (χ4v) is 4.99. The average Bonchev–Trinajstić information content (AvgIpc) is 3.28. The second-order valence-electron chi connectivity index (χ2n) is 8.97. The third-order valence-corrected chi connectivity index (χ3v) is 7.08. The van der Waals surface area contributed by atoms with Crippen molar-refractivity contribution in [2.75, 3.05) is 31.1 Å². The predicted octanol–water partition coefficient (Wildman–Crippen LogP) is 5.72. The highest BCUT2D eigenvalue weighted by molar-refractivity contribution is 6.31. The van der Waals surface area contributed by atoms with Gasteiger partial charge in [-0.05, 0) is 68.2 Å². The van der Waals surface area contributed by atoms with E-state index in [9.17, 15) is 0 Å². The van der Waals surface area contributed by atoms with Gasteiger partial charge in [-0.25, -0.2) is 0 Å². The standard InChI is InChI=1S/C27H35ClN4/c1-5-20(2)27(32-18-24(28)11-8-21(32)3)22(4)29-17-23-9-12-25(13-10-23)31-16-15-30-14-6-7-26(30)19-31/h8-13,18,26,29H,3-7,14-17,19H2,1-2H3/b27-20+. The molecule has 0 spiro atoms. The highest BCUT2D eigenvalue weighted by atomic mass is 35.5. The molecular weight excluding hydrogens is 416 g/mol. The first-order chi connectivity index (χ1) is 15.5. The first-order valence-electron chi connectivity index (χ1n) is 11.7. The molecule has 3 heterocycles. The van der Waals surface area contributed by atoms with Crippen LogP contribution in [0.4, 0.5) is 5.69 Å². The van der Waals surface area contributed by atoms with Crippen LogP contribution in [0.25, 0.3) is 0 Å². The van der Waals surface area contributed by atoms with E-state index >= 15 is 0 Å². The van der Waals surface area contributed by atoms with Crippen LogP contribution in [0.1, 0.15) is 38.7 Å². The molecule has 2 fully saturated rings. The lowest BCUT2D eigenvalue weighted by molar-refractivity contribution is 0.231. The van der Waals surface area contributed by atoms with Crippen molar-refractivity contribution in [2.24, 2.45) is 0 Å². The van der Waals surface area contributed by atoms with Crippen molar-refractivity contribution >= 4 is 17.3 Å². The van der Waals surface area contributed by atoms with Gasteiger partial charge in [0.1, 0.15) is 0 Å². The van der Waals surface area contributed by atoms with Crippen molar-refractivity contribution in [3.05, 3.63) is 89.0 Å². The summed E-state index contributed by atoms with van der Waals surface area (Å²) in [5.41, 5.74) is 6.61. The molecule has 4 nitrogen and oxygen atoms in total. The predicted molar refractivity (Wildman–Crippen MR) is 136 cm³/mol. The summed E-state index contributed by atoms with van der Waals surface area (Å²) < 4.78 is 0. The van der Waals surface area contributed by atoms with Crippen LogP contribution < -0.4 is 10.2 Å². The molecule has 1 unspecified atom stereocenters. The number of halogens is 1. The van der Waals surface area contributed by atoms with E-state index in [1.165, 1.54) is 42.8 Å². The molecule has 1 aromatic carbocycles. The molecule has 170 valence electrons. The number of piperazine rings is 1. The van der Waals surface area contributed by atoms with E-state index in [1.54, 1.807) is 0 Å². The van der Waals surface area contributed by atoms with Crippen molar-refractivity contribution in [1.29, 1.82) is 0 Å². The van der Waals surface area contributed by atoms with Gasteiger partial charge in [-0.3, -0.25) is 4.90 Å². The maximum absolute atomic E-state index is 6.27. The summed E-state index contributed by atoms with van der Waals surface area (Å²) in [6, 6.07) is 9.72. The molecule has 0 aliphatic carbocycles. The quantitative estimate of drug-likeness (QED) is 0.536. The highest BCUT2D eigenvalue weighted by Crippen LogP contribution is 2.29. The van der Waals surface area contributed by atoms with Gasteiger partial charge in [0.15, 0.2) is 0 Å². The Labute approximate surface area is 198 Å². The second kappa shape index (κ2) is 10.0. The zero-order valence-electron chi connectivity index (χ0n) is 19.4. The Kier molecular flexibility index (Phi) is 7.12. The number of fused-ring (bicyclic) bond motifs is 1. The fraction of sp³-hybridized carbons (Fsp3) is 0.407. The number of nitrogens with zero attached hydrogens (tertiary/aromatic N) is 3. The van der Waals surface area contributed by atoms with Gasteiger partial charge in [-0.1, -0.05) is 43.8 Å². The van der Waals surface area contributed by atoms with Crippen molar-refractivity contribution in [3.8, 4) is 0 Å². The zero-order valence-corrected chi connectivity index (χ0v) is 20.2. The van der Waals surface area contributed by atoms with Gasteiger partial charge in [0.2, 0.25) is 0 Å². The minimum absolute atomic E-state index is 0.681. The highest BCUT2D eigenvalue weighted by Gasteiger charge is 2.30. The number of anilines is 1. The Morgan fingerprint density at radius 2 is 1.94 bits per heavy atom. The average molecular weight is 451 g/mol. The smallest absolute Gasteiger partial charge is 0.0670 e. The molecule has 3 aliphatic rings. The fourth-order valence-electron chi connectivity index (χ4n) is 4.83. The Bertz CT molecular complexity index is 956. The van der Waals surface area contributed by atoms with E-state index in [0.29, 0.717) is 5.03 Å². The van der Waals surface area contributed by atoms with E-state index in [0.717, 1.165) is 49.2 Å². The first kappa shape index (κ1) is 22.8. The molecule has 2 saturated heterocycles. The largest absolute Gasteiger partial charge is 0.380 e. The van der Waals surface area contributed by atoms with Crippen LogP contribution in [-0.2, 0) is 6.54 Å². The maximum atomic E-state index is 6.27. The number of hydrogen-bond donors (Lipinski definition) is 1. The van der Waals surface area contributed by atoms with Crippen LogP contribution in [0.2, 0.25) is 0 Å². The Hall–Kier alpha value is -2.43. The van der Waals surface area contributed by atoms with Gasteiger partial charge < -0.3 is 15.1 Å². The molecule has 0 saturated carbocycles. The van der Waals surface area contributed by atoms with Gasteiger partial charge >= 0.3 is 0 Å². The summed E-state index contributed by atoms with van der Waals surface area (Å²) >= 11 is 6.27. The van der Waals surface area contributed by atoms with Gasteiger partial charge in [0, 0.05) is 49.8 Å².